The highest BCUT2D eigenvalue weighted by molar-refractivity contribution is 4.84. The van der Waals surface area contributed by atoms with Gasteiger partial charge in [0.15, 0.2) is 0 Å². The van der Waals surface area contributed by atoms with Crippen LogP contribution in [0.1, 0.15) is 58.3 Å². The van der Waals surface area contributed by atoms with E-state index in [9.17, 15) is 5.11 Å². The van der Waals surface area contributed by atoms with Gasteiger partial charge in [0, 0.05) is 24.7 Å². The van der Waals surface area contributed by atoms with Gasteiger partial charge in [-0.2, -0.15) is 0 Å². The van der Waals surface area contributed by atoms with Crippen LogP contribution in [0.2, 0.25) is 0 Å². The van der Waals surface area contributed by atoms with E-state index in [4.69, 9.17) is 0 Å². The summed E-state index contributed by atoms with van der Waals surface area (Å²) in [6.07, 6.45) is 10.3. The molecule has 0 radical (unpaired) electrons. The first-order valence-electron chi connectivity index (χ1n) is 7.90. The Morgan fingerprint density at radius 1 is 1.17 bits per heavy atom. The van der Waals surface area contributed by atoms with Crippen LogP contribution in [0.25, 0.3) is 0 Å². The maximum atomic E-state index is 9.44. The highest BCUT2D eigenvalue weighted by Crippen LogP contribution is 2.25. The molecule has 3 nitrogen and oxygen atoms in total. The zero-order chi connectivity index (χ0) is 12.8. The van der Waals surface area contributed by atoms with Crippen molar-refractivity contribution < 1.29 is 5.11 Å². The number of aliphatic hydroxyl groups excluding tert-OH is 1. The summed E-state index contributed by atoms with van der Waals surface area (Å²) in [5.74, 6) is 0.487. The molecule has 2 fully saturated rings. The van der Waals surface area contributed by atoms with Crippen LogP contribution in [0.4, 0.5) is 0 Å². The van der Waals surface area contributed by atoms with Gasteiger partial charge in [0.25, 0.3) is 0 Å². The molecule has 4 unspecified atom stereocenters. The molecule has 0 bridgehead atoms. The number of rotatable bonds is 5. The normalized spacial score (nSPS) is 35.3. The molecule has 0 amide bonds. The van der Waals surface area contributed by atoms with Crippen molar-refractivity contribution in [3.63, 3.8) is 0 Å². The van der Waals surface area contributed by atoms with Gasteiger partial charge in [0.05, 0.1) is 0 Å². The van der Waals surface area contributed by atoms with E-state index in [0.717, 1.165) is 0 Å². The number of nitrogens with one attached hydrogen (secondary N) is 2. The van der Waals surface area contributed by atoms with Crippen LogP contribution in [-0.4, -0.2) is 36.4 Å². The van der Waals surface area contributed by atoms with E-state index in [1.807, 2.05) is 0 Å². The molecule has 1 aliphatic heterocycles. The third-order valence-corrected chi connectivity index (χ3v) is 4.69. The van der Waals surface area contributed by atoms with Crippen LogP contribution < -0.4 is 10.6 Å². The minimum atomic E-state index is 0.353. The standard InChI is InChI=1S/C15H30N2O/c1-12(10-14-7-4-5-9-16-14)17-15-8-3-2-6-13(15)11-18/h12-18H,2-11H2,1H3. The molecular weight excluding hydrogens is 224 g/mol. The first kappa shape index (κ1) is 14.3. The monoisotopic (exact) mass is 254 g/mol. The van der Waals surface area contributed by atoms with Crippen molar-refractivity contribution in [1.29, 1.82) is 0 Å². The topological polar surface area (TPSA) is 44.3 Å². The Morgan fingerprint density at radius 2 is 1.94 bits per heavy atom. The van der Waals surface area contributed by atoms with Gasteiger partial charge in [-0.05, 0) is 51.5 Å². The highest BCUT2D eigenvalue weighted by atomic mass is 16.3. The van der Waals surface area contributed by atoms with Crippen LogP contribution in [0.15, 0.2) is 0 Å². The summed E-state index contributed by atoms with van der Waals surface area (Å²) in [5.41, 5.74) is 0. The Labute approximate surface area is 112 Å². The van der Waals surface area contributed by atoms with Crippen molar-refractivity contribution in [2.75, 3.05) is 13.2 Å². The molecule has 2 aliphatic rings. The smallest absolute Gasteiger partial charge is 0.0474 e. The van der Waals surface area contributed by atoms with Crippen LogP contribution in [0.5, 0.6) is 0 Å². The average Bonchev–Trinajstić information content (AvgIpc) is 2.40. The molecular formula is C15H30N2O. The molecule has 3 heteroatoms. The highest BCUT2D eigenvalue weighted by Gasteiger charge is 2.26. The minimum Gasteiger partial charge on any atom is -0.396 e. The van der Waals surface area contributed by atoms with E-state index < -0.39 is 0 Å². The van der Waals surface area contributed by atoms with Gasteiger partial charge in [0.2, 0.25) is 0 Å². The lowest BCUT2D eigenvalue weighted by atomic mass is 9.84. The molecule has 0 aromatic heterocycles. The molecule has 0 aromatic rings. The van der Waals surface area contributed by atoms with Crippen LogP contribution >= 0.6 is 0 Å². The van der Waals surface area contributed by atoms with E-state index in [1.165, 1.54) is 57.9 Å². The third kappa shape index (κ3) is 4.22. The van der Waals surface area contributed by atoms with E-state index in [0.29, 0.717) is 30.7 Å². The maximum Gasteiger partial charge on any atom is 0.0474 e. The number of hydrogen-bond donors (Lipinski definition) is 3. The second-order valence-electron chi connectivity index (χ2n) is 6.28. The van der Waals surface area contributed by atoms with Crippen molar-refractivity contribution in [1.82, 2.24) is 10.6 Å². The SMILES string of the molecule is CC(CC1CCCCN1)NC1CCCCC1CO. The third-order valence-electron chi connectivity index (χ3n) is 4.69. The molecule has 2 rings (SSSR count). The predicted octanol–water partition coefficient (Wildman–Crippen LogP) is 2.05. The van der Waals surface area contributed by atoms with Crippen molar-refractivity contribution in [3.8, 4) is 0 Å². The summed E-state index contributed by atoms with van der Waals surface area (Å²) in [6, 6.07) is 1.82. The zero-order valence-corrected chi connectivity index (χ0v) is 11.8. The Balaban J connectivity index is 1.73. The van der Waals surface area contributed by atoms with Crippen molar-refractivity contribution in [3.05, 3.63) is 0 Å². The summed E-state index contributed by atoms with van der Waals surface area (Å²) in [6.45, 7) is 3.85. The first-order valence-corrected chi connectivity index (χ1v) is 7.90. The Morgan fingerprint density at radius 3 is 2.67 bits per heavy atom. The molecule has 1 saturated heterocycles. The summed E-state index contributed by atoms with van der Waals surface area (Å²) < 4.78 is 0. The molecule has 3 N–H and O–H groups in total. The van der Waals surface area contributed by atoms with Gasteiger partial charge in [-0.15, -0.1) is 0 Å². The second-order valence-corrected chi connectivity index (χ2v) is 6.28. The van der Waals surface area contributed by atoms with Gasteiger partial charge in [-0.1, -0.05) is 19.3 Å². The minimum absolute atomic E-state index is 0.353. The average molecular weight is 254 g/mol. The summed E-state index contributed by atoms with van der Waals surface area (Å²) in [5, 5.41) is 16.8. The fourth-order valence-corrected chi connectivity index (χ4v) is 3.63. The molecule has 1 aliphatic carbocycles. The Hall–Kier alpha value is -0.120. The molecule has 18 heavy (non-hydrogen) atoms. The number of hydrogen-bond acceptors (Lipinski definition) is 3. The summed E-state index contributed by atoms with van der Waals surface area (Å²) in [4.78, 5) is 0. The lowest BCUT2D eigenvalue weighted by Crippen LogP contribution is -2.47. The predicted molar refractivity (Wildman–Crippen MR) is 75.7 cm³/mol. The van der Waals surface area contributed by atoms with E-state index >= 15 is 0 Å². The fourth-order valence-electron chi connectivity index (χ4n) is 3.63. The van der Waals surface area contributed by atoms with Gasteiger partial charge < -0.3 is 15.7 Å². The van der Waals surface area contributed by atoms with Crippen LogP contribution in [-0.2, 0) is 0 Å². The molecule has 0 aromatic carbocycles. The molecule has 0 spiro atoms. The largest absolute Gasteiger partial charge is 0.396 e. The van der Waals surface area contributed by atoms with Crippen LogP contribution in [0, 0.1) is 5.92 Å². The Kier molecular flexibility index (Phi) is 5.93. The van der Waals surface area contributed by atoms with Crippen molar-refractivity contribution in [2.24, 2.45) is 5.92 Å². The zero-order valence-electron chi connectivity index (χ0n) is 11.8. The fraction of sp³-hybridized carbons (Fsp3) is 1.00. The van der Waals surface area contributed by atoms with Crippen LogP contribution in [0.3, 0.4) is 0 Å². The van der Waals surface area contributed by atoms with Gasteiger partial charge in [-0.3, -0.25) is 0 Å². The summed E-state index contributed by atoms with van der Waals surface area (Å²) >= 11 is 0. The van der Waals surface area contributed by atoms with Crippen molar-refractivity contribution in [2.45, 2.75) is 76.4 Å². The second kappa shape index (κ2) is 7.46. The maximum absolute atomic E-state index is 9.44. The van der Waals surface area contributed by atoms with Gasteiger partial charge in [-0.25, -0.2) is 0 Å². The molecule has 1 saturated carbocycles. The lowest BCUT2D eigenvalue weighted by molar-refractivity contribution is 0.144. The molecule has 106 valence electrons. The van der Waals surface area contributed by atoms with E-state index in [1.54, 1.807) is 0 Å². The lowest BCUT2D eigenvalue weighted by Gasteiger charge is -2.35. The van der Waals surface area contributed by atoms with Gasteiger partial charge in [0.1, 0.15) is 0 Å². The van der Waals surface area contributed by atoms with Gasteiger partial charge >= 0.3 is 0 Å². The molecule has 1 heterocycles. The quantitative estimate of drug-likeness (QED) is 0.703. The molecule has 4 atom stereocenters. The van der Waals surface area contributed by atoms with E-state index in [-0.39, 0.29) is 0 Å². The summed E-state index contributed by atoms with van der Waals surface area (Å²) in [7, 11) is 0. The number of aliphatic hydroxyl groups is 1. The Bertz CT molecular complexity index is 229. The first-order chi connectivity index (χ1) is 8.79. The van der Waals surface area contributed by atoms with E-state index in [2.05, 4.69) is 17.6 Å². The number of piperidine rings is 1. The van der Waals surface area contributed by atoms with Crippen molar-refractivity contribution >= 4 is 0 Å².